The molecule has 0 spiro atoms. The van der Waals surface area contributed by atoms with Gasteiger partial charge < -0.3 is 25.6 Å². The van der Waals surface area contributed by atoms with Gasteiger partial charge in [0, 0.05) is 24.3 Å². The average molecular weight is 496 g/mol. The highest BCUT2D eigenvalue weighted by Crippen LogP contribution is 2.44. The van der Waals surface area contributed by atoms with Crippen LogP contribution >= 0.6 is 11.3 Å². The molecular weight excluding hydrogens is 470 g/mol. The maximum absolute atomic E-state index is 12.3. The predicted octanol–water partition coefficient (Wildman–Crippen LogP) is 2.68. The fraction of sp³-hybridized carbons (Fsp3) is 0.280. The number of thiazole rings is 1. The lowest BCUT2D eigenvalue weighted by molar-refractivity contribution is -0.142. The van der Waals surface area contributed by atoms with Crippen molar-refractivity contribution in [3.05, 3.63) is 75.7 Å². The minimum Gasteiger partial charge on any atom is -0.480 e. The molecule has 35 heavy (non-hydrogen) atoms. The molecule has 2 amide bonds. The summed E-state index contributed by atoms with van der Waals surface area (Å²) < 4.78 is 5.51. The zero-order valence-electron chi connectivity index (χ0n) is 18.8. The van der Waals surface area contributed by atoms with E-state index in [9.17, 15) is 14.4 Å². The van der Waals surface area contributed by atoms with Gasteiger partial charge in [-0.3, -0.25) is 4.79 Å². The Kier molecular flexibility index (Phi) is 7.74. The molecule has 4 rings (SSSR count). The second kappa shape index (κ2) is 11.1. The van der Waals surface area contributed by atoms with E-state index < -0.39 is 24.0 Å². The third kappa shape index (κ3) is 5.84. The van der Waals surface area contributed by atoms with E-state index in [0.717, 1.165) is 22.3 Å². The van der Waals surface area contributed by atoms with E-state index in [0.29, 0.717) is 10.7 Å². The van der Waals surface area contributed by atoms with Crippen LogP contribution in [-0.2, 0) is 27.3 Å². The fourth-order valence-corrected chi connectivity index (χ4v) is 4.84. The van der Waals surface area contributed by atoms with Gasteiger partial charge in [0.05, 0.1) is 18.7 Å². The smallest absolute Gasteiger partial charge is 0.407 e. The Morgan fingerprint density at radius 1 is 1.06 bits per heavy atom. The molecule has 1 aromatic heterocycles. The maximum atomic E-state index is 12.3. The molecule has 1 aliphatic rings. The quantitative estimate of drug-likeness (QED) is 0.339. The fourth-order valence-electron chi connectivity index (χ4n) is 4.10. The van der Waals surface area contributed by atoms with E-state index >= 15 is 0 Å². The molecule has 0 saturated heterocycles. The average Bonchev–Trinajstić information content (AvgIpc) is 3.43. The number of rotatable bonds is 10. The number of aliphatic hydroxyl groups excluding tert-OH is 1. The van der Waals surface area contributed by atoms with Gasteiger partial charge in [-0.05, 0) is 22.3 Å². The molecule has 2 aromatic carbocycles. The van der Waals surface area contributed by atoms with Crippen LogP contribution in [0.4, 0.5) is 4.79 Å². The third-order valence-corrected chi connectivity index (χ3v) is 6.62. The summed E-state index contributed by atoms with van der Waals surface area (Å²) in [5.74, 6) is -1.75. The zero-order valence-corrected chi connectivity index (χ0v) is 19.6. The van der Waals surface area contributed by atoms with Crippen molar-refractivity contribution in [2.45, 2.75) is 31.3 Å². The molecule has 0 aliphatic heterocycles. The van der Waals surface area contributed by atoms with Gasteiger partial charge in [-0.25, -0.2) is 14.6 Å². The van der Waals surface area contributed by atoms with Crippen molar-refractivity contribution in [2.24, 2.45) is 0 Å². The van der Waals surface area contributed by atoms with Crippen LogP contribution in [0.3, 0.4) is 0 Å². The number of nitrogens with zero attached hydrogens (tertiary/aromatic N) is 1. The molecule has 0 unspecified atom stereocenters. The highest BCUT2D eigenvalue weighted by molar-refractivity contribution is 7.09. The molecule has 4 N–H and O–H groups in total. The molecule has 0 saturated carbocycles. The van der Waals surface area contributed by atoms with E-state index in [2.05, 4.69) is 39.9 Å². The van der Waals surface area contributed by atoms with Crippen LogP contribution in [0.15, 0.2) is 53.9 Å². The maximum Gasteiger partial charge on any atom is 0.407 e. The number of carboxylic acids is 1. The summed E-state index contributed by atoms with van der Waals surface area (Å²) in [5, 5.41) is 25.3. The summed E-state index contributed by atoms with van der Waals surface area (Å²) in [7, 11) is 0. The van der Waals surface area contributed by atoms with Crippen molar-refractivity contribution in [1.29, 1.82) is 0 Å². The van der Waals surface area contributed by atoms with Crippen LogP contribution in [0.1, 0.15) is 34.2 Å². The van der Waals surface area contributed by atoms with Crippen molar-refractivity contribution in [2.75, 3.05) is 13.2 Å². The first kappa shape index (κ1) is 24.4. The summed E-state index contributed by atoms with van der Waals surface area (Å²) >= 11 is 1.28. The first-order chi connectivity index (χ1) is 17.0. The predicted molar refractivity (Wildman–Crippen MR) is 129 cm³/mol. The molecule has 1 aliphatic carbocycles. The normalized spacial score (nSPS) is 12.9. The van der Waals surface area contributed by atoms with E-state index in [1.165, 1.54) is 11.3 Å². The minimum atomic E-state index is -1.21. The number of ether oxygens (including phenoxy) is 1. The molecular formula is C25H25N3O6S. The Labute approximate surface area is 205 Å². The Morgan fingerprint density at radius 3 is 2.34 bits per heavy atom. The molecule has 9 nitrogen and oxygen atoms in total. The number of fused-ring (bicyclic) bond motifs is 3. The van der Waals surface area contributed by atoms with Crippen molar-refractivity contribution in [3.8, 4) is 11.1 Å². The number of nitrogens with one attached hydrogen (secondary N) is 2. The number of hydrogen-bond donors (Lipinski definition) is 4. The van der Waals surface area contributed by atoms with E-state index in [4.69, 9.17) is 14.9 Å². The van der Waals surface area contributed by atoms with Gasteiger partial charge in [0.25, 0.3) is 0 Å². The molecule has 1 atom stereocenters. The Morgan fingerprint density at radius 2 is 1.71 bits per heavy atom. The molecule has 0 bridgehead atoms. The third-order valence-electron chi connectivity index (χ3n) is 5.72. The van der Waals surface area contributed by atoms with Crippen molar-refractivity contribution >= 4 is 29.3 Å². The van der Waals surface area contributed by atoms with Crippen LogP contribution in [0.2, 0.25) is 0 Å². The number of amides is 2. The second-order valence-electron chi connectivity index (χ2n) is 8.06. The summed E-state index contributed by atoms with van der Waals surface area (Å²) in [6.45, 7) is 0.00654. The Bertz CT molecular complexity index is 1180. The number of benzene rings is 2. The van der Waals surface area contributed by atoms with Crippen LogP contribution < -0.4 is 10.6 Å². The number of aromatic nitrogens is 1. The first-order valence-corrected chi connectivity index (χ1v) is 12.0. The molecule has 182 valence electrons. The van der Waals surface area contributed by atoms with Gasteiger partial charge in [0.15, 0.2) is 0 Å². The Balaban J connectivity index is 1.27. The number of carbonyl (C=O) groups is 3. The summed E-state index contributed by atoms with van der Waals surface area (Å²) in [6, 6.07) is 15.0. The highest BCUT2D eigenvalue weighted by atomic mass is 32.1. The SMILES string of the molecule is O=C(Cc1csc(CNC(=O)OCC2c3ccccc3-c3ccccc32)n1)N[C@@H](CCO)C(=O)O. The number of carboxylic acid groups (broad SMARTS) is 1. The van der Waals surface area contributed by atoms with Crippen LogP contribution in [0, 0.1) is 0 Å². The first-order valence-electron chi connectivity index (χ1n) is 11.1. The van der Waals surface area contributed by atoms with Crippen LogP contribution in [0.5, 0.6) is 0 Å². The number of aliphatic hydroxyl groups is 1. The van der Waals surface area contributed by atoms with E-state index in [1.807, 2.05) is 24.3 Å². The van der Waals surface area contributed by atoms with Gasteiger partial charge in [0.2, 0.25) is 5.91 Å². The lowest BCUT2D eigenvalue weighted by Crippen LogP contribution is -2.42. The number of carbonyl (C=O) groups excluding carboxylic acids is 2. The van der Waals surface area contributed by atoms with Crippen molar-refractivity contribution in [1.82, 2.24) is 15.6 Å². The monoisotopic (exact) mass is 495 g/mol. The number of alkyl carbamates (subject to hydrolysis) is 1. The summed E-state index contributed by atoms with van der Waals surface area (Å²) in [5.41, 5.74) is 5.04. The van der Waals surface area contributed by atoms with Crippen molar-refractivity contribution in [3.63, 3.8) is 0 Å². The molecule has 0 radical (unpaired) electrons. The van der Waals surface area contributed by atoms with E-state index in [-0.39, 0.29) is 38.5 Å². The van der Waals surface area contributed by atoms with Gasteiger partial charge in [-0.2, -0.15) is 0 Å². The largest absolute Gasteiger partial charge is 0.480 e. The van der Waals surface area contributed by atoms with Gasteiger partial charge in [0.1, 0.15) is 17.7 Å². The molecule has 1 heterocycles. The summed E-state index contributed by atoms with van der Waals surface area (Å²) in [6.07, 6.45) is -0.737. The topological polar surface area (TPSA) is 138 Å². The minimum absolute atomic E-state index is 0.0291. The van der Waals surface area contributed by atoms with Crippen molar-refractivity contribution < 1.29 is 29.3 Å². The van der Waals surface area contributed by atoms with E-state index in [1.54, 1.807) is 5.38 Å². The second-order valence-corrected chi connectivity index (χ2v) is 9.00. The Hall–Kier alpha value is -3.76. The lowest BCUT2D eigenvalue weighted by Gasteiger charge is -2.14. The van der Waals surface area contributed by atoms with Gasteiger partial charge in [-0.15, -0.1) is 11.3 Å². The zero-order chi connectivity index (χ0) is 24.8. The number of hydrogen-bond acceptors (Lipinski definition) is 7. The van der Waals surface area contributed by atoms with Crippen LogP contribution in [-0.4, -0.2) is 52.4 Å². The lowest BCUT2D eigenvalue weighted by atomic mass is 9.98. The van der Waals surface area contributed by atoms with Gasteiger partial charge >= 0.3 is 12.1 Å². The highest BCUT2D eigenvalue weighted by Gasteiger charge is 2.29. The van der Waals surface area contributed by atoms with Crippen LogP contribution in [0.25, 0.3) is 11.1 Å². The van der Waals surface area contributed by atoms with Gasteiger partial charge in [-0.1, -0.05) is 48.5 Å². The number of aliphatic carboxylic acids is 1. The molecule has 10 heteroatoms. The molecule has 3 aromatic rings. The molecule has 0 fully saturated rings. The standard InChI is InChI=1S/C25H25N3O6S/c29-10-9-21(24(31)32)28-22(30)11-15-14-35-23(27-15)12-26-25(33)34-13-20-18-7-3-1-5-16(18)17-6-2-4-8-19(17)20/h1-8,14,20-21,29H,9-13H2,(H,26,33)(H,28,30)(H,31,32)/t21-/m0/s1. The summed E-state index contributed by atoms with van der Waals surface area (Å²) in [4.78, 5) is 39.8.